The molecular weight excluding hydrogens is 378 g/mol. The molecule has 1 atom stereocenters. The normalized spacial score (nSPS) is 15.2. The summed E-state index contributed by atoms with van der Waals surface area (Å²) in [5.41, 5.74) is 6.53. The quantitative estimate of drug-likeness (QED) is 0.648. The van der Waals surface area contributed by atoms with Crippen LogP contribution in [0.4, 0.5) is 5.69 Å². The summed E-state index contributed by atoms with van der Waals surface area (Å²) in [4.78, 5) is 36.9. The summed E-state index contributed by atoms with van der Waals surface area (Å²) < 4.78 is 5.37. The Bertz CT molecular complexity index is 870. The van der Waals surface area contributed by atoms with Gasteiger partial charge < -0.3 is 10.1 Å². The molecule has 0 radical (unpaired) electrons. The van der Waals surface area contributed by atoms with Gasteiger partial charge in [0.05, 0.1) is 10.9 Å². The van der Waals surface area contributed by atoms with Gasteiger partial charge in [0.1, 0.15) is 5.75 Å². The Hall–Kier alpha value is -3.00. The molecule has 3 rings (SSSR count). The molecule has 3 N–H and O–H groups in total. The van der Waals surface area contributed by atoms with Gasteiger partial charge in [0.2, 0.25) is 11.8 Å². The molecule has 1 aliphatic rings. The third-order valence-electron chi connectivity index (χ3n) is 4.12. The standard InChI is InChI=1S/C20H21N3O4S/c1-2-13-7-9-14(10-8-13)27-12-19(25)23-22-18(24)11-17-20(26)21-15-5-3-4-6-16(15)28-17/h3-10,17H,2,11-12H2,1H3,(H,21,26)(H,22,24)(H,23,25)/t17-/m1/s1. The number of hydrazine groups is 1. The molecule has 28 heavy (non-hydrogen) atoms. The van der Waals surface area contributed by atoms with Crippen molar-refractivity contribution in [2.45, 2.75) is 29.9 Å². The lowest BCUT2D eigenvalue weighted by Gasteiger charge is -2.23. The van der Waals surface area contributed by atoms with Crippen LogP contribution in [0.15, 0.2) is 53.4 Å². The average Bonchev–Trinajstić information content (AvgIpc) is 2.71. The van der Waals surface area contributed by atoms with Crippen LogP contribution < -0.4 is 20.9 Å². The van der Waals surface area contributed by atoms with E-state index in [9.17, 15) is 14.4 Å². The second-order valence-electron chi connectivity index (χ2n) is 6.18. The largest absolute Gasteiger partial charge is 0.484 e. The Morgan fingerprint density at radius 2 is 1.79 bits per heavy atom. The van der Waals surface area contributed by atoms with Gasteiger partial charge in [-0.1, -0.05) is 31.2 Å². The predicted molar refractivity (Wildman–Crippen MR) is 107 cm³/mol. The van der Waals surface area contributed by atoms with E-state index in [4.69, 9.17) is 4.74 Å². The number of hydrogen-bond acceptors (Lipinski definition) is 5. The van der Waals surface area contributed by atoms with Gasteiger partial charge in [0.25, 0.3) is 5.91 Å². The molecule has 0 aliphatic carbocycles. The molecule has 8 heteroatoms. The first-order valence-electron chi connectivity index (χ1n) is 8.91. The van der Waals surface area contributed by atoms with Crippen LogP contribution in [0.5, 0.6) is 5.75 Å². The highest BCUT2D eigenvalue weighted by atomic mass is 32.2. The fourth-order valence-electron chi connectivity index (χ4n) is 2.59. The van der Waals surface area contributed by atoms with Gasteiger partial charge in [-0.15, -0.1) is 11.8 Å². The van der Waals surface area contributed by atoms with E-state index in [0.29, 0.717) is 5.75 Å². The summed E-state index contributed by atoms with van der Waals surface area (Å²) in [6.07, 6.45) is 0.875. The smallest absolute Gasteiger partial charge is 0.276 e. The molecule has 1 aliphatic heterocycles. The number of amides is 3. The highest BCUT2D eigenvalue weighted by Crippen LogP contribution is 2.36. The number of hydrogen-bond donors (Lipinski definition) is 3. The first-order chi connectivity index (χ1) is 13.5. The maximum Gasteiger partial charge on any atom is 0.276 e. The molecule has 2 aromatic carbocycles. The average molecular weight is 399 g/mol. The zero-order valence-corrected chi connectivity index (χ0v) is 16.2. The van der Waals surface area contributed by atoms with Crippen molar-refractivity contribution < 1.29 is 19.1 Å². The van der Waals surface area contributed by atoms with E-state index in [-0.39, 0.29) is 18.9 Å². The first kappa shape index (κ1) is 19.8. The molecule has 2 aromatic rings. The predicted octanol–water partition coefficient (Wildman–Crippen LogP) is 2.28. The molecule has 0 unspecified atom stereocenters. The van der Waals surface area contributed by atoms with Crippen LogP contribution in [0.3, 0.4) is 0 Å². The number of anilines is 1. The van der Waals surface area contributed by atoms with Crippen LogP contribution in [-0.4, -0.2) is 29.6 Å². The third-order valence-corrected chi connectivity index (χ3v) is 5.40. The van der Waals surface area contributed by atoms with Gasteiger partial charge in [-0.3, -0.25) is 25.2 Å². The highest BCUT2D eigenvalue weighted by molar-refractivity contribution is 8.01. The van der Waals surface area contributed by atoms with Gasteiger partial charge in [-0.05, 0) is 36.2 Å². The maximum atomic E-state index is 12.1. The van der Waals surface area contributed by atoms with Gasteiger partial charge >= 0.3 is 0 Å². The fraction of sp³-hybridized carbons (Fsp3) is 0.250. The molecule has 7 nitrogen and oxygen atoms in total. The molecule has 0 aromatic heterocycles. The van der Waals surface area contributed by atoms with Crippen LogP contribution in [0, 0.1) is 0 Å². The Morgan fingerprint density at radius 3 is 2.54 bits per heavy atom. The minimum Gasteiger partial charge on any atom is -0.484 e. The van der Waals surface area contributed by atoms with Crippen molar-refractivity contribution in [1.82, 2.24) is 10.9 Å². The molecule has 3 amide bonds. The summed E-state index contributed by atoms with van der Waals surface area (Å²) in [7, 11) is 0. The van der Waals surface area contributed by atoms with E-state index >= 15 is 0 Å². The topological polar surface area (TPSA) is 96.5 Å². The van der Waals surface area contributed by atoms with Gasteiger partial charge in [-0.25, -0.2) is 0 Å². The van der Waals surface area contributed by atoms with E-state index in [0.717, 1.165) is 17.0 Å². The van der Waals surface area contributed by atoms with E-state index < -0.39 is 17.1 Å². The molecule has 0 saturated heterocycles. The van der Waals surface area contributed by atoms with Gasteiger partial charge in [0.15, 0.2) is 6.61 Å². The van der Waals surface area contributed by atoms with Crippen molar-refractivity contribution >= 4 is 35.2 Å². The molecular formula is C20H21N3O4S. The summed E-state index contributed by atoms with van der Waals surface area (Å²) in [6.45, 7) is 1.83. The van der Waals surface area contributed by atoms with Crippen molar-refractivity contribution in [2.75, 3.05) is 11.9 Å². The van der Waals surface area contributed by atoms with Crippen molar-refractivity contribution in [1.29, 1.82) is 0 Å². The summed E-state index contributed by atoms with van der Waals surface area (Å²) >= 11 is 1.33. The zero-order valence-electron chi connectivity index (χ0n) is 15.4. The summed E-state index contributed by atoms with van der Waals surface area (Å²) in [5, 5.41) is 2.22. The zero-order chi connectivity index (χ0) is 19.9. The number of nitrogens with one attached hydrogen (secondary N) is 3. The minimum absolute atomic E-state index is 0.0511. The first-order valence-corrected chi connectivity index (χ1v) is 9.79. The van der Waals surface area contributed by atoms with Gasteiger partial charge in [0, 0.05) is 11.3 Å². The number of fused-ring (bicyclic) bond motifs is 1. The van der Waals surface area contributed by atoms with Crippen LogP contribution in [0.2, 0.25) is 0 Å². The van der Waals surface area contributed by atoms with Crippen molar-refractivity contribution in [2.24, 2.45) is 0 Å². The Kier molecular flexibility index (Phi) is 6.54. The van der Waals surface area contributed by atoms with Crippen LogP contribution in [-0.2, 0) is 20.8 Å². The lowest BCUT2D eigenvalue weighted by atomic mass is 10.2. The molecule has 146 valence electrons. The Morgan fingerprint density at radius 1 is 1.07 bits per heavy atom. The van der Waals surface area contributed by atoms with Crippen LogP contribution >= 0.6 is 11.8 Å². The molecule has 0 spiro atoms. The molecule has 0 fully saturated rings. The van der Waals surface area contributed by atoms with E-state index in [1.54, 1.807) is 12.1 Å². The Balaban J connectivity index is 1.41. The monoisotopic (exact) mass is 399 g/mol. The second-order valence-corrected chi connectivity index (χ2v) is 7.42. The molecule has 1 heterocycles. The van der Waals surface area contributed by atoms with E-state index in [1.807, 2.05) is 36.4 Å². The second kappa shape index (κ2) is 9.27. The van der Waals surface area contributed by atoms with Crippen LogP contribution in [0.1, 0.15) is 18.9 Å². The van der Waals surface area contributed by atoms with Crippen molar-refractivity contribution in [3.8, 4) is 5.75 Å². The molecule has 0 bridgehead atoms. The Labute approximate surface area is 167 Å². The lowest BCUT2D eigenvalue weighted by Crippen LogP contribution is -2.45. The van der Waals surface area contributed by atoms with E-state index in [2.05, 4.69) is 23.1 Å². The summed E-state index contributed by atoms with van der Waals surface area (Å²) in [6, 6.07) is 14.9. The fourth-order valence-corrected chi connectivity index (χ4v) is 3.70. The van der Waals surface area contributed by atoms with E-state index in [1.165, 1.54) is 17.3 Å². The van der Waals surface area contributed by atoms with Crippen molar-refractivity contribution in [3.63, 3.8) is 0 Å². The highest BCUT2D eigenvalue weighted by Gasteiger charge is 2.28. The number of thioether (sulfide) groups is 1. The lowest BCUT2D eigenvalue weighted by molar-refractivity contribution is -0.130. The number of benzene rings is 2. The van der Waals surface area contributed by atoms with Gasteiger partial charge in [-0.2, -0.15) is 0 Å². The number of rotatable bonds is 6. The SMILES string of the molecule is CCc1ccc(OCC(=O)NNC(=O)C[C@H]2Sc3ccccc3NC2=O)cc1. The maximum absolute atomic E-state index is 12.1. The number of ether oxygens (including phenoxy) is 1. The number of carbonyl (C=O) groups excluding carboxylic acids is 3. The number of aryl methyl sites for hydroxylation is 1. The van der Waals surface area contributed by atoms with Crippen LogP contribution in [0.25, 0.3) is 0 Å². The number of para-hydroxylation sites is 1. The molecule has 0 saturated carbocycles. The van der Waals surface area contributed by atoms with Crippen molar-refractivity contribution in [3.05, 3.63) is 54.1 Å². The number of carbonyl (C=O) groups is 3. The third kappa shape index (κ3) is 5.26. The minimum atomic E-state index is -0.555. The summed E-state index contributed by atoms with van der Waals surface area (Å²) in [5.74, 6) is -0.594.